The second kappa shape index (κ2) is 7.98. The fourth-order valence-corrected chi connectivity index (χ4v) is 3.66. The molecule has 0 saturated carbocycles. The number of esters is 2. The molecule has 3 rings (SSSR count). The highest BCUT2D eigenvalue weighted by Gasteiger charge is 2.38. The van der Waals surface area contributed by atoms with Crippen LogP contribution in [-0.4, -0.2) is 31.9 Å². The Morgan fingerprint density at radius 2 is 1.61 bits per heavy atom. The third-order valence-corrected chi connectivity index (χ3v) is 5.06. The average molecular weight is 400 g/mol. The molecule has 0 bridgehead atoms. The van der Waals surface area contributed by atoms with E-state index in [-0.39, 0.29) is 5.57 Å². The van der Waals surface area contributed by atoms with E-state index in [1.807, 2.05) is 42.5 Å². The summed E-state index contributed by atoms with van der Waals surface area (Å²) in [7, 11) is 3.19. The van der Waals surface area contributed by atoms with Crippen LogP contribution in [0.25, 0.3) is 6.08 Å². The number of ether oxygens (including phenoxy) is 4. The number of methoxy groups -OCH3 is 2. The van der Waals surface area contributed by atoms with Crippen LogP contribution in [0.3, 0.4) is 0 Å². The molecule has 7 heteroatoms. The molecule has 2 aromatic carbocycles. The molecule has 0 amide bonds. The molecule has 0 N–H and O–H groups in total. The maximum absolute atomic E-state index is 12.2. The maximum atomic E-state index is 12.2. The van der Waals surface area contributed by atoms with E-state index in [2.05, 4.69) is 0 Å². The zero-order chi connectivity index (χ0) is 20.3. The zero-order valence-corrected chi connectivity index (χ0v) is 16.8. The smallest absolute Gasteiger partial charge is 0.348 e. The molecule has 0 spiro atoms. The Balaban J connectivity index is 1.97. The Hall–Kier alpha value is -2.93. The molecule has 0 radical (unpaired) electrons. The summed E-state index contributed by atoms with van der Waals surface area (Å²) in [5.74, 6) is -1.30. The van der Waals surface area contributed by atoms with Gasteiger partial charge in [0.15, 0.2) is 0 Å². The molecule has 146 valence electrons. The molecule has 28 heavy (non-hydrogen) atoms. The minimum atomic E-state index is -1.27. The van der Waals surface area contributed by atoms with E-state index in [0.29, 0.717) is 17.1 Å². The number of carbonyl (C=O) groups excluding carboxylic acids is 2. The number of benzene rings is 2. The Kier molecular flexibility index (Phi) is 5.65. The second-order valence-corrected chi connectivity index (χ2v) is 7.48. The van der Waals surface area contributed by atoms with Crippen molar-refractivity contribution < 1.29 is 28.5 Å². The van der Waals surface area contributed by atoms with Crippen LogP contribution in [0.5, 0.6) is 11.5 Å². The molecule has 2 aromatic rings. The Bertz CT molecular complexity index is 926. The summed E-state index contributed by atoms with van der Waals surface area (Å²) < 4.78 is 21.0. The lowest BCUT2D eigenvalue weighted by atomic mass is 10.1. The summed E-state index contributed by atoms with van der Waals surface area (Å²) in [6.07, 6.45) is 1.48. The Morgan fingerprint density at radius 3 is 2.25 bits per heavy atom. The van der Waals surface area contributed by atoms with Crippen LogP contribution in [0.4, 0.5) is 0 Å². The van der Waals surface area contributed by atoms with Crippen molar-refractivity contribution in [3.63, 3.8) is 0 Å². The molecule has 1 fully saturated rings. The van der Waals surface area contributed by atoms with Gasteiger partial charge < -0.3 is 18.9 Å². The van der Waals surface area contributed by atoms with Crippen LogP contribution in [-0.2, 0) is 19.1 Å². The van der Waals surface area contributed by atoms with E-state index in [4.69, 9.17) is 18.9 Å². The molecule has 1 heterocycles. The van der Waals surface area contributed by atoms with Gasteiger partial charge in [-0.05, 0) is 35.9 Å². The van der Waals surface area contributed by atoms with Crippen molar-refractivity contribution in [1.29, 1.82) is 0 Å². The van der Waals surface area contributed by atoms with Gasteiger partial charge in [-0.2, -0.15) is 0 Å². The fraction of sp³-hybridized carbons (Fsp3) is 0.238. The quantitative estimate of drug-likeness (QED) is 0.425. The summed E-state index contributed by atoms with van der Waals surface area (Å²) in [6, 6.07) is 12.9. The molecule has 0 aromatic heterocycles. The number of hydrogen-bond donors (Lipinski definition) is 0. The fourth-order valence-electron chi connectivity index (χ4n) is 2.61. The molecule has 1 aliphatic rings. The van der Waals surface area contributed by atoms with Gasteiger partial charge in [-0.25, -0.2) is 9.59 Å². The first-order valence-electron chi connectivity index (χ1n) is 8.50. The van der Waals surface area contributed by atoms with Crippen LogP contribution in [0.2, 0.25) is 0 Å². The third kappa shape index (κ3) is 4.31. The van der Waals surface area contributed by atoms with Gasteiger partial charge in [-0.3, -0.25) is 0 Å². The first kappa shape index (κ1) is 19.8. The predicted octanol–water partition coefficient (Wildman–Crippen LogP) is 4.07. The third-order valence-electron chi connectivity index (χ3n) is 3.93. The first-order valence-corrected chi connectivity index (χ1v) is 9.32. The summed E-state index contributed by atoms with van der Waals surface area (Å²) in [5, 5.41) is 0. The van der Waals surface area contributed by atoms with Gasteiger partial charge in [0.25, 0.3) is 5.79 Å². The molecule has 0 aliphatic carbocycles. The van der Waals surface area contributed by atoms with E-state index < -0.39 is 17.7 Å². The second-order valence-electron chi connectivity index (χ2n) is 6.39. The molecule has 0 atom stereocenters. The van der Waals surface area contributed by atoms with Crippen molar-refractivity contribution in [3.05, 3.63) is 53.6 Å². The van der Waals surface area contributed by atoms with E-state index in [0.717, 1.165) is 9.79 Å². The lowest BCUT2D eigenvalue weighted by Crippen LogP contribution is -2.41. The minimum absolute atomic E-state index is 0.148. The zero-order valence-electron chi connectivity index (χ0n) is 16.0. The predicted molar refractivity (Wildman–Crippen MR) is 104 cm³/mol. The van der Waals surface area contributed by atoms with Gasteiger partial charge >= 0.3 is 11.9 Å². The summed E-state index contributed by atoms with van der Waals surface area (Å²) >= 11 is 1.43. The largest absolute Gasteiger partial charge is 0.497 e. The Labute approximate surface area is 167 Å². The van der Waals surface area contributed by atoms with E-state index in [1.54, 1.807) is 14.2 Å². The lowest BCUT2D eigenvalue weighted by molar-refractivity contribution is -0.222. The summed E-state index contributed by atoms with van der Waals surface area (Å²) in [5.41, 5.74) is 0.533. The van der Waals surface area contributed by atoms with E-state index in [9.17, 15) is 9.59 Å². The topological polar surface area (TPSA) is 71.1 Å². The molecule has 1 aliphatic heterocycles. The van der Waals surface area contributed by atoms with Crippen LogP contribution in [0, 0.1) is 0 Å². The van der Waals surface area contributed by atoms with Gasteiger partial charge in [-0.15, -0.1) is 0 Å². The SMILES string of the molecule is COc1ccc(OC)c(Sc2ccccc2C=C2C(=O)OC(C)(C)OC2=O)c1. The van der Waals surface area contributed by atoms with Crippen molar-refractivity contribution in [2.75, 3.05) is 14.2 Å². The highest BCUT2D eigenvalue weighted by molar-refractivity contribution is 7.99. The number of rotatable bonds is 5. The van der Waals surface area contributed by atoms with Crippen molar-refractivity contribution in [3.8, 4) is 11.5 Å². The lowest BCUT2D eigenvalue weighted by Gasteiger charge is -2.29. The van der Waals surface area contributed by atoms with E-state index >= 15 is 0 Å². The van der Waals surface area contributed by atoms with Crippen LogP contribution in [0.1, 0.15) is 19.4 Å². The maximum Gasteiger partial charge on any atom is 0.348 e. The average Bonchev–Trinajstić information content (AvgIpc) is 2.65. The summed E-state index contributed by atoms with van der Waals surface area (Å²) in [6.45, 7) is 3.02. The molecular weight excluding hydrogens is 380 g/mol. The van der Waals surface area contributed by atoms with Gasteiger partial charge in [-0.1, -0.05) is 30.0 Å². The van der Waals surface area contributed by atoms with Gasteiger partial charge in [0.05, 0.1) is 19.1 Å². The highest BCUT2D eigenvalue weighted by Crippen LogP contribution is 2.39. The van der Waals surface area contributed by atoms with E-state index in [1.165, 1.54) is 31.7 Å². The van der Waals surface area contributed by atoms with Crippen LogP contribution in [0.15, 0.2) is 57.8 Å². The van der Waals surface area contributed by atoms with Crippen molar-refractivity contribution in [1.82, 2.24) is 0 Å². The highest BCUT2D eigenvalue weighted by atomic mass is 32.2. The number of hydrogen-bond acceptors (Lipinski definition) is 7. The van der Waals surface area contributed by atoms with Crippen LogP contribution >= 0.6 is 11.8 Å². The standard InChI is InChI=1S/C21H20O6S/c1-21(2)26-19(22)15(20(23)27-21)11-13-7-5-6-8-17(13)28-18-12-14(24-3)9-10-16(18)25-4/h5-12H,1-4H3. The van der Waals surface area contributed by atoms with Crippen molar-refractivity contribution >= 4 is 29.8 Å². The Morgan fingerprint density at radius 1 is 0.929 bits per heavy atom. The van der Waals surface area contributed by atoms with Crippen molar-refractivity contribution in [2.24, 2.45) is 0 Å². The molecule has 0 unspecified atom stereocenters. The van der Waals surface area contributed by atoms with Gasteiger partial charge in [0.1, 0.15) is 17.1 Å². The van der Waals surface area contributed by atoms with Crippen LogP contribution < -0.4 is 9.47 Å². The van der Waals surface area contributed by atoms with Gasteiger partial charge in [0.2, 0.25) is 0 Å². The molecule has 6 nitrogen and oxygen atoms in total. The minimum Gasteiger partial charge on any atom is -0.497 e. The molecular formula is C21H20O6S. The number of cyclic esters (lactones) is 2. The van der Waals surface area contributed by atoms with Crippen molar-refractivity contribution in [2.45, 2.75) is 29.4 Å². The number of carbonyl (C=O) groups is 2. The van der Waals surface area contributed by atoms with Gasteiger partial charge in [0, 0.05) is 18.7 Å². The monoisotopic (exact) mass is 400 g/mol. The molecule has 1 saturated heterocycles. The summed E-state index contributed by atoms with van der Waals surface area (Å²) in [4.78, 5) is 26.1. The normalized spacial score (nSPS) is 15.5. The first-order chi connectivity index (χ1) is 13.3.